The minimum absolute atomic E-state index is 0.0196. The average Bonchev–Trinajstić information content (AvgIpc) is 3.19. The van der Waals surface area contributed by atoms with Gasteiger partial charge in [-0.25, -0.2) is 9.80 Å². The summed E-state index contributed by atoms with van der Waals surface area (Å²) >= 11 is 6.03. The third-order valence-electron chi connectivity index (χ3n) is 5.04. The second-order valence-corrected chi connectivity index (χ2v) is 7.63. The summed E-state index contributed by atoms with van der Waals surface area (Å²) in [6, 6.07) is 22.8. The predicted molar refractivity (Wildman–Crippen MR) is 120 cm³/mol. The second-order valence-electron chi connectivity index (χ2n) is 7.20. The van der Waals surface area contributed by atoms with E-state index in [-0.39, 0.29) is 11.6 Å². The molecule has 0 aromatic heterocycles. The number of hydrogen-bond donors (Lipinski definition) is 1. The first-order valence-corrected chi connectivity index (χ1v) is 10.1. The van der Waals surface area contributed by atoms with E-state index in [9.17, 15) is 14.9 Å². The van der Waals surface area contributed by atoms with Gasteiger partial charge in [-0.15, -0.1) is 0 Å². The van der Waals surface area contributed by atoms with Crippen LogP contribution in [0.5, 0.6) is 0 Å². The lowest BCUT2D eigenvalue weighted by Gasteiger charge is -2.15. The summed E-state index contributed by atoms with van der Waals surface area (Å²) in [4.78, 5) is 23.1. The van der Waals surface area contributed by atoms with Crippen molar-refractivity contribution < 1.29 is 9.72 Å². The van der Waals surface area contributed by atoms with Crippen molar-refractivity contribution in [2.24, 2.45) is 11.0 Å². The summed E-state index contributed by atoms with van der Waals surface area (Å²) in [6.45, 7) is 0.422. The van der Waals surface area contributed by atoms with Crippen molar-refractivity contribution in [3.05, 3.63) is 105 Å². The Morgan fingerprint density at radius 3 is 2.39 bits per heavy atom. The Kier molecular flexibility index (Phi) is 5.95. The van der Waals surface area contributed by atoms with Gasteiger partial charge in [-0.05, 0) is 41.8 Å². The molecule has 0 fully saturated rings. The number of hydrazone groups is 1. The van der Waals surface area contributed by atoms with Crippen LogP contribution in [0, 0.1) is 16.0 Å². The lowest BCUT2D eigenvalue weighted by atomic mass is 9.91. The van der Waals surface area contributed by atoms with Crippen molar-refractivity contribution in [1.82, 2.24) is 5.01 Å². The number of anilines is 1. The maximum atomic E-state index is 12.8. The van der Waals surface area contributed by atoms with Crippen LogP contribution in [-0.4, -0.2) is 28.2 Å². The molecule has 4 rings (SSSR count). The Bertz CT molecular complexity index is 1120. The van der Waals surface area contributed by atoms with E-state index >= 15 is 0 Å². The summed E-state index contributed by atoms with van der Waals surface area (Å²) < 4.78 is 0. The first-order valence-electron chi connectivity index (χ1n) is 9.71. The summed E-state index contributed by atoms with van der Waals surface area (Å²) in [5.41, 5.74) is 3.32. The number of benzene rings is 3. The van der Waals surface area contributed by atoms with Crippen LogP contribution < -0.4 is 5.32 Å². The molecule has 3 aromatic rings. The minimum atomic E-state index is -0.483. The van der Waals surface area contributed by atoms with Gasteiger partial charge in [0, 0.05) is 28.8 Å². The van der Waals surface area contributed by atoms with Gasteiger partial charge in [0.05, 0.1) is 17.2 Å². The molecule has 0 bridgehead atoms. The molecular weight excluding hydrogens is 416 g/mol. The number of urea groups is 1. The van der Waals surface area contributed by atoms with E-state index in [0.29, 0.717) is 17.3 Å². The lowest BCUT2D eigenvalue weighted by Crippen LogP contribution is -2.31. The van der Waals surface area contributed by atoms with Gasteiger partial charge < -0.3 is 5.32 Å². The third kappa shape index (κ3) is 4.90. The van der Waals surface area contributed by atoms with E-state index in [1.165, 1.54) is 29.3 Å². The van der Waals surface area contributed by atoms with Crippen molar-refractivity contribution in [3.8, 4) is 0 Å². The Morgan fingerprint density at radius 2 is 1.74 bits per heavy atom. The summed E-state index contributed by atoms with van der Waals surface area (Å²) in [5, 5.41) is 20.2. The van der Waals surface area contributed by atoms with Gasteiger partial charge in [-0.3, -0.25) is 10.1 Å². The lowest BCUT2D eigenvalue weighted by molar-refractivity contribution is -0.384. The number of nitro groups is 1. The van der Waals surface area contributed by atoms with Crippen LogP contribution in [0.2, 0.25) is 5.02 Å². The molecule has 1 unspecified atom stereocenters. The first kappa shape index (κ1) is 20.6. The van der Waals surface area contributed by atoms with Crippen molar-refractivity contribution >= 4 is 34.7 Å². The first-order chi connectivity index (χ1) is 15.0. The third-order valence-corrected chi connectivity index (χ3v) is 5.29. The number of nitrogens with one attached hydrogen (secondary N) is 1. The molecule has 1 atom stereocenters. The number of carbonyl (C=O) groups excluding carboxylic acids is 1. The standard InChI is InChI=1S/C23H19ClN4O3/c24-19-8-6-17(7-9-19)22-18(14-16-4-2-1-3-5-16)15-27(26-22)23(29)25-20-10-12-21(13-11-20)28(30)31/h1-13,18H,14-15H2,(H,25,29). The van der Waals surface area contributed by atoms with Crippen molar-refractivity contribution in [3.63, 3.8) is 0 Å². The van der Waals surface area contributed by atoms with E-state index in [4.69, 9.17) is 11.6 Å². The zero-order valence-electron chi connectivity index (χ0n) is 16.4. The summed E-state index contributed by atoms with van der Waals surface area (Å²) in [7, 11) is 0. The summed E-state index contributed by atoms with van der Waals surface area (Å²) in [5.74, 6) is 0.0196. The van der Waals surface area contributed by atoms with Crippen molar-refractivity contribution in [2.45, 2.75) is 6.42 Å². The number of carbonyl (C=O) groups is 1. The quantitative estimate of drug-likeness (QED) is 0.433. The van der Waals surface area contributed by atoms with E-state index in [1.54, 1.807) is 12.1 Å². The largest absolute Gasteiger partial charge is 0.342 e. The van der Waals surface area contributed by atoms with Gasteiger partial charge in [-0.2, -0.15) is 5.10 Å². The molecular formula is C23H19ClN4O3. The topological polar surface area (TPSA) is 87.8 Å². The normalized spacial score (nSPS) is 15.5. The maximum Gasteiger partial charge on any atom is 0.342 e. The molecule has 8 heteroatoms. The number of nitrogens with zero attached hydrogens (tertiary/aromatic N) is 3. The Balaban J connectivity index is 1.55. The second kappa shape index (κ2) is 8.97. The number of hydrogen-bond acceptors (Lipinski definition) is 4. The number of rotatable bonds is 5. The fourth-order valence-corrected chi connectivity index (χ4v) is 3.63. The molecule has 0 saturated heterocycles. The molecule has 1 heterocycles. The molecule has 1 N–H and O–H groups in total. The number of halogens is 1. The van der Waals surface area contributed by atoms with E-state index in [0.717, 1.165) is 23.3 Å². The van der Waals surface area contributed by atoms with Crippen LogP contribution in [0.1, 0.15) is 11.1 Å². The SMILES string of the molecule is O=C(Nc1ccc([N+](=O)[O-])cc1)N1CC(Cc2ccccc2)C(c2ccc(Cl)cc2)=N1. The van der Waals surface area contributed by atoms with Crippen LogP contribution in [0.3, 0.4) is 0 Å². The number of amides is 2. The highest BCUT2D eigenvalue weighted by atomic mass is 35.5. The molecule has 0 saturated carbocycles. The molecule has 31 heavy (non-hydrogen) atoms. The number of nitro benzene ring substituents is 1. The van der Waals surface area contributed by atoms with Crippen LogP contribution in [-0.2, 0) is 6.42 Å². The Morgan fingerprint density at radius 1 is 1.06 bits per heavy atom. The summed E-state index contributed by atoms with van der Waals surface area (Å²) in [6.07, 6.45) is 0.740. The molecule has 1 aliphatic rings. The Hall–Kier alpha value is -3.71. The zero-order chi connectivity index (χ0) is 21.8. The highest BCUT2D eigenvalue weighted by Gasteiger charge is 2.31. The van der Waals surface area contributed by atoms with Gasteiger partial charge in [0.25, 0.3) is 5.69 Å². The van der Waals surface area contributed by atoms with Gasteiger partial charge in [0.15, 0.2) is 0 Å². The molecule has 3 aromatic carbocycles. The van der Waals surface area contributed by atoms with Crippen LogP contribution >= 0.6 is 11.6 Å². The zero-order valence-corrected chi connectivity index (χ0v) is 17.2. The molecule has 0 spiro atoms. The number of non-ortho nitro benzene ring substituents is 1. The van der Waals surface area contributed by atoms with E-state index in [1.807, 2.05) is 30.3 Å². The van der Waals surface area contributed by atoms with Gasteiger partial charge >= 0.3 is 6.03 Å². The molecule has 0 radical (unpaired) electrons. The van der Waals surface area contributed by atoms with Gasteiger partial charge in [-0.1, -0.05) is 54.1 Å². The minimum Gasteiger partial charge on any atom is -0.306 e. The highest BCUT2D eigenvalue weighted by Crippen LogP contribution is 2.25. The predicted octanol–water partition coefficient (Wildman–Crippen LogP) is 5.36. The van der Waals surface area contributed by atoms with Crippen LogP contribution in [0.15, 0.2) is 84.0 Å². The fourth-order valence-electron chi connectivity index (χ4n) is 3.50. The fraction of sp³-hybridized carbons (Fsp3) is 0.130. The van der Waals surface area contributed by atoms with E-state index in [2.05, 4.69) is 22.6 Å². The molecule has 0 aliphatic carbocycles. The van der Waals surface area contributed by atoms with E-state index < -0.39 is 11.0 Å². The van der Waals surface area contributed by atoms with Gasteiger partial charge in [0.2, 0.25) is 0 Å². The van der Waals surface area contributed by atoms with Gasteiger partial charge in [0.1, 0.15) is 0 Å². The van der Waals surface area contributed by atoms with Crippen LogP contribution in [0.4, 0.5) is 16.2 Å². The van der Waals surface area contributed by atoms with Crippen LogP contribution in [0.25, 0.3) is 0 Å². The molecule has 2 amide bonds. The monoisotopic (exact) mass is 434 g/mol. The Labute approximate surface area is 184 Å². The highest BCUT2D eigenvalue weighted by molar-refractivity contribution is 6.30. The average molecular weight is 435 g/mol. The maximum absolute atomic E-state index is 12.8. The van der Waals surface area contributed by atoms with Crippen molar-refractivity contribution in [1.29, 1.82) is 0 Å². The smallest absolute Gasteiger partial charge is 0.306 e. The van der Waals surface area contributed by atoms with Crippen molar-refractivity contribution in [2.75, 3.05) is 11.9 Å². The molecule has 156 valence electrons. The molecule has 7 nitrogen and oxygen atoms in total. The molecule has 1 aliphatic heterocycles.